The number of benzene rings is 1. The van der Waals surface area contributed by atoms with Crippen molar-refractivity contribution in [1.82, 2.24) is 4.90 Å². The minimum absolute atomic E-state index is 0.207. The topological polar surface area (TPSA) is 53.1 Å². The summed E-state index contributed by atoms with van der Waals surface area (Å²) in [6.45, 7) is 4.17. The molecule has 0 saturated heterocycles. The van der Waals surface area contributed by atoms with Crippen LogP contribution in [-0.4, -0.2) is 23.8 Å². The number of amidine groups is 1. The Morgan fingerprint density at radius 1 is 1.41 bits per heavy atom. The maximum absolute atomic E-state index is 7.33. The van der Waals surface area contributed by atoms with Crippen molar-refractivity contribution in [3.8, 4) is 0 Å². The van der Waals surface area contributed by atoms with Crippen LogP contribution >= 0.6 is 11.6 Å². The van der Waals surface area contributed by atoms with E-state index in [1.165, 1.54) is 0 Å². The van der Waals surface area contributed by atoms with E-state index >= 15 is 0 Å². The summed E-state index contributed by atoms with van der Waals surface area (Å²) in [5.41, 5.74) is 6.53. The number of halogens is 1. The van der Waals surface area contributed by atoms with Crippen LogP contribution in [0.15, 0.2) is 24.3 Å². The molecular formula is C13H20ClN3. The molecule has 0 spiro atoms. The Kier molecular flexibility index (Phi) is 4.97. The van der Waals surface area contributed by atoms with Crippen LogP contribution in [0.4, 0.5) is 0 Å². The Morgan fingerprint density at radius 3 is 2.53 bits per heavy atom. The molecule has 17 heavy (non-hydrogen) atoms. The van der Waals surface area contributed by atoms with Crippen LogP contribution in [0.25, 0.3) is 0 Å². The van der Waals surface area contributed by atoms with Crippen molar-refractivity contribution < 1.29 is 0 Å². The van der Waals surface area contributed by atoms with Gasteiger partial charge in [-0.25, -0.2) is 0 Å². The lowest BCUT2D eigenvalue weighted by molar-refractivity contribution is 0.201. The number of rotatable bonds is 5. The smallest absolute Gasteiger partial charge is 0.0920 e. The summed E-state index contributed by atoms with van der Waals surface area (Å²) in [7, 11) is 2.03. The Labute approximate surface area is 108 Å². The molecule has 2 unspecified atom stereocenters. The monoisotopic (exact) mass is 253 g/mol. The van der Waals surface area contributed by atoms with Crippen LogP contribution in [0.1, 0.15) is 31.9 Å². The zero-order chi connectivity index (χ0) is 13.0. The first-order valence-corrected chi connectivity index (χ1v) is 6.10. The van der Waals surface area contributed by atoms with E-state index in [-0.39, 0.29) is 17.9 Å². The standard InChI is InChI=1S/C13H20ClN3/c1-9(8-13(15)16)17(3)10(2)11-6-4-5-7-12(11)14/h4-7,9-10H,8H2,1-3H3,(H3,15,16). The largest absolute Gasteiger partial charge is 0.388 e. The fourth-order valence-corrected chi connectivity index (χ4v) is 2.17. The second-order valence-corrected chi connectivity index (χ2v) is 4.85. The SMILES string of the molecule is CC(CC(=N)N)N(C)C(C)c1ccccc1Cl. The van der Waals surface area contributed by atoms with Gasteiger partial charge in [-0.15, -0.1) is 0 Å². The van der Waals surface area contributed by atoms with Crippen molar-refractivity contribution in [3.63, 3.8) is 0 Å². The average molecular weight is 254 g/mol. The van der Waals surface area contributed by atoms with E-state index in [2.05, 4.69) is 18.7 Å². The molecule has 1 rings (SSSR count). The van der Waals surface area contributed by atoms with E-state index in [1.54, 1.807) is 0 Å². The second-order valence-electron chi connectivity index (χ2n) is 4.44. The number of nitrogens with two attached hydrogens (primary N) is 1. The number of nitrogens with zero attached hydrogens (tertiary/aromatic N) is 1. The molecular weight excluding hydrogens is 234 g/mol. The number of nitrogens with one attached hydrogen (secondary N) is 1. The molecule has 0 aliphatic carbocycles. The van der Waals surface area contributed by atoms with Crippen LogP contribution in [0, 0.1) is 5.41 Å². The molecule has 4 heteroatoms. The first-order valence-electron chi connectivity index (χ1n) is 5.72. The molecule has 0 fully saturated rings. The highest BCUT2D eigenvalue weighted by molar-refractivity contribution is 6.31. The first-order chi connectivity index (χ1) is 7.93. The Hall–Kier alpha value is -1.06. The molecule has 1 aromatic carbocycles. The van der Waals surface area contributed by atoms with Gasteiger partial charge in [0.05, 0.1) is 5.84 Å². The molecule has 0 aliphatic heterocycles. The van der Waals surface area contributed by atoms with Crippen LogP contribution in [-0.2, 0) is 0 Å². The van der Waals surface area contributed by atoms with Crippen LogP contribution < -0.4 is 5.73 Å². The summed E-state index contributed by atoms with van der Waals surface area (Å²) < 4.78 is 0. The molecule has 0 bridgehead atoms. The number of hydrogen-bond acceptors (Lipinski definition) is 2. The zero-order valence-corrected chi connectivity index (χ0v) is 11.3. The zero-order valence-electron chi connectivity index (χ0n) is 10.6. The van der Waals surface area contributed by atoms with Gasteiger partial charge in [0, 0.05) is 23.5 Å². The Balaban J connectivity index is 2.79. The van der Waals surface area contributed by atoms with E-state index in [4.69, 9.17) is 22.7 Å². The highest BCUT2D eigenvalue weighted by Gasteiger charge is 2.19. The third kappa shape index (κ3) is 3.72. The van der Waals surface area contributed by atoms with Gasteiger partial charge in [-0.3, -0.25) is 10.3 Å². The van der Waals surface area contributed by atoms with Crippen molar-refractivity contribution in [2.24, 2.45) is 5.73 Å². The lowest BCUT2D eigenvalue weighted by Gasteiger charge is -2.31. The summed E-state index contributed by atoms with van der Waals surface area (Å²) in [6, 6.07) is 8.27. The van der Waals surface area contributed by atoms with Gasteiger partial charge >= 0.3 is 0 Å². The van der Waals surface area contributed by atoms with Crippen LogP contribution in [0.2, 0.25) is 5.02 Å². The molecule has 1 aromatic rings. The molecule has 0 heterocycles. The third-order valence-electron chi connectivity index (χ3n) is 3.18. The summed E-state index contributed by atoms with van der Waals surface area (Å²) in [4.78, 5) is 2.18. The van der Waals surface area contributed by atoms with E-state index in [0.717, 1.165) is 10.6 Å². The second kappa shape index (κ2) is 6.03. The maximum Gasteiger partial charge on any atom is 0.0920 e. The van der Waals surface area contributed by atoms with Gasteiger partial charge < -0.3 is 5.73 Å². The summed E-state index contributed by atoms with van der Waals surface area (Å²) >= 11 is 6.18. The van der Waals surface area contributed by atoms with Gasteiger partial charge in [-0.1, -0.05) is 29.8 Å². The van der Waals surface area contributed by atoms with E-state index in [0.29, 0.717) is 6.42 Å². The summed E-state index contributed by atoms with van der Waals surface area (Å²) in [6.07, 6.45) is 0.575. The van der Waals surface area contributed by atoms with Gasteiger partial charge in [0.2, 0.25) is 0 Å². The fourth-order valence-electron chi connectivity index (χ4n) is 1.88. The van der Waals surface area contributed by atoms with Gasteiger partial charge in [0.15, 0.2) is 0 Å². The highest BCUT2D eigenvalue weighted by Crippen LogP contribution is 2.27. The quantitative estimate of drug-likeness (QED) is 0.626. The average Bonchev–Trinajstić information content (AvgIpc) is 2.27. The molecule has 94 valence electrons. The molecule has 3 N–H and O–H groups in total. The molecule has 0 aliphatic rings. The predicted octanol–water partition coefficient (Wildman–Crippen LogP) is 3.05. The minimum Gasteiger partial charge on any atom is -0.388 e. The molecule has 0 amide bonds. The number of hydrogen-bond donors (Lipinski definition) is 2. The highest BCUT2D eigenvalue weighted by atomic mass is 35.5. The van der Waals surface area contributed by atoms with Crippen molar-refractivity contribution in [1.29, 1.82) is 5.41 Å². The van der Waals surface area contributed by atoms with Crippen LogP contribution in [0.3, 0.4) is 0 Å². The molecule has 0 aromatic heterocycles. The lowest BCUT2D eigenvalue weighted by atomic mass is 10.0. The van der Waals surface area contributed by atoms with Gasteiger partial charge in [-0.2, -0.15) is 0 Å². The van der Waals surface area contributed by atoms with Gasteiger partial charge in [0.25, 0.3) is 0 Å². The Bertz CT molecular complexity index is 392. The first kappa shape index (κ1) is 14.0. The normalized spacial score (nSPS) is 14.6. The fraction of sp³-hybridized carbons (Fsp3) is 0.462. The van der Waals surface area contributed by atoms with E-state index < -0.39 is 0 Å². The molecule has 2 atom stereocenters. The van der Waals surface area contributed by atoms with Gasteiger partial charge in [-0.05, 0) is 32.5 Å². The molecule has 0 radical (unpaired) electrons. The maximum atomic E-state index is 7.33. The minimum atomic E-state index is 0.207. The summed E-state index contributed by atoms with van der Waals surface area (Å²) in [5.74, 6) is 0.218. The molecule has 0 saturated carbocycles. The predicted molar refractivity (Wildman–Crippen MR) is 73.6 cm³/mol. The Morgan fingerprint density at radius 2 is 2.00 bits per heavy atom. The summed E-state index contributed by atoms with van der Waals surface area (Å²) in [5, 5.41) is 8.11. The molecule has 3 nitrogen and oxygen atoms in total. The van der Waals surface area contributed by atoms with Crippen LogP contribution in [0.5, 0.6) is 0 Å². The third-order valence-corrected chi connectivity index (χ3v) is 3.52. The lowest BCUT2D eigenvalue weighted by Crippen LogP contribution is -2.34. The van der Waals surface area contributed by atoms with Crippen molar-refractivity contribution in [3.05, 3.63) is 34.9 Å². The van der Waals surface area contributed by atoms with E-state index in [9.17, 15) is 0 Å². The van der Waals surface area contributed by atoms with Crippen molar-refractivity contribution in [2.75, 3.05) is 7.05 Å². The van der Waals surface area contributed by atoms with Crippen molar-refractivity contribution >= 4 is 17.4 Å². The van der Waals surface area contributed by atoms with Crippen molar-refractivity contribution in [2.45, 2.75) is 32.4 Å². The van der Waals surface area contributed by atoms with E-state index in [1.807, 2.05) is 31.3 Å². The van der Waals surface area contributed by atoms with Gasteiger partial charge in [0.1, 0.15) is 0 Å².